The van der Waals surface area contributed by atoms with E-state index < -0.39 is 0 Å². The molecule has 0 aromatic heterocycles. The fourth-order valence-corrected chi connectivity index (χ4v) is 1.86. The van der Waals surface area contributed by atoms with Crippen molar-refractivity contribution in [2.24, 2.45) is 11.8 Å². The Balaban J connectivity index is 2.12. The van der Waals surface area contributed by atoms with Crippen LogP contribution in [0.2, 0.25) is 0 Å². The molecule has 0 saturated heterocycles. The van der Waals surface area contributed by atoms with Gasteiger partial charge in [-0.25, -0.2) is 0 Å². The molecule has 0 amide bonds. The summed E-state index contributed by atoms with van der Waals surface area (Å²) in [6.45, 7) is 0. The number of rotatable bonds is 0. The van der Waals surface area contributed by atoms with E-state index in [0.29, 0.717) is 17.6 Å². The number of hydrogen-bond donors (Lipinski definition) is 0. The van der Waals surface area contributed by atoms with Crippen LogP contribution in [0.25, 0.3) is 0 Å². The van der Waals surface area contributed by atoms with E-state index in [1.54, 1.807) is 0 Å². The maximum Gasteiger partial charge on any atom is 0.142 e. The molecule has 3 aliphatic rings. The van der Waals surface area contributed by atoms with Gasteiger partial charge in [0, 0.05) is 11.8 Å². The average molecular weight is 136 g/mol. The van der Waals surface area contributed by atoms with Gasteiger partial charge in [0.1, 0.15) is 5.78 Å². The molecule has 1 fully saturated rings. The zero-order valence-corrected chi connectivity index (χ0v) is 6.05. The summed E-state index contributed by atoms with van der Waals surface area (Å²) in [6, 6.07) is 0. The SMILES string of the molecule is O=C1C2/C=C\CCCC1C2. The Morgan fingerprint density at radius 1 is 1.50 bits per heavy atom. The lowest BCUT2D eigenvalue weighted by Crippen LogP contribution is -2.36. The van der Waals surface area contributed by atoms with E-state index in [4.69, 9.17) is 0 Å². The van der Waals surface area contributed by atoms with E-state index >= 15 is 0 Å². The summed E-state index contributed by atoms with van der Waals surface area (Å²) < 4.78 is 0. The molecule has 3 rings (SSSR count). The average Bonchev–Trinajstić information content (AvgIpc) is 1.84. The van der Waals surface area contributed by atoms with Crippen molar-refractivity contribution in [1.29, 1.82) is 0 Å². The molecule has 0 heterocycles. The highest BCUT2D eigenvalue weighted by Crippen LogP contribution is 2.36. The number of ketones is 1. The Labute approximate surface area is 61.1 Å². The molecule has 1 heteroatoms. The number of carbonyl (C=O) groups is 1. The lowest BCUT2D eigenvalue weighted by atomic mass is 9.70. The highest BCUT2D eigenvalue weighted by molar-refractivity contribution is 5.90. The van der Waals surface area contributed by atoms with Crippen LogP contribution < -0.4 is 0 Å². The molecule has 10 heavy (non-hydrogen) atoms. The van der Waals surface area contributed by atoms with E-state index in [0.717, 1.165) is 12.8 Å². The van der Waals surface area contributed by atoms with Crippen LogP contribution in [0.1, 0.15) is 25.7 Å². The van der Waals surface area contributed by atoms with E-state index in [-0.39, 0.29) is 0 Å². The summed E-state index contributed by atoms with van der Waals surface area (Å²) in [5.74, 6) is 1.25. The van der Waals surface area contributed by atoms with Crippen molar-refractivity contribution >= 4 is 5.78 Å². The summed E-state index contributed by atoms with van der Waals surface area (Å²) in [5.41, 5.74) is 0. The minimum Gasteiger partial charge on any atom is -0.299 e. The van der Waals surface area contributed by atoms with Gasteiger partial charge in [0.25, 0.3) is 0 Å². The topological polar surface area (TPSA) is 17.1 Å². The minimum absolute atomic E-state index is 0.310. The van der Waals surface area contributed by atoms with Crippen LogP contribution in [-0.2, 0) is 4.79 Å². The Kier molecular flexibility index (Phi) is 1.37. The fraction of sp³-hybridized carbons (Fsp3) is 0.667. The second-order valence-electron chi connectivity index (χ2n) is 3.30. The number of hydrogen-bond acceptors (Lipinski definition) is 1. The quantitative estimate of drug-likeness (QED) is 0.465. The van der Waals surface area contributed by atoms with Gasteiger partial charge in [0.2, 0.25) is 0 Å². The van der Waals surface area contributed by atoms with Crippen LogP contribution in [0.4, 0.5) is 0 Å². The Hall–Kier alpha value is -0.590. The first-order valence-electron chi connectivity index (χ1n) is 4.08. The van der Waals surface area contributed by atoms with Gasteiger partial charge in [0.15, 0.2) is 0 Å². The van der Waals surface area contributed by atoms with Gasteiger partial charge in [0.05, 0.1) is 0 Å². The van der Waals surface area contributed by atoms with Crippen LogP contribution in [0.15, 0.2) is 12.2 Å². The van der Waals surface area contributed by atoms with Crippen LogP contribution in [0.5, 0.6) is 0 Å². The summed E-state index contributed by atoms with van der Waals surface area (Å²) in [4.78, 5) is 11.2. The normalized spacial score (nSPS) is 41.4. The van der Waals surface area contributed by atoms with Gasteiger partial charge in [-0.15, -0.1) is 0 Å². The number of Topliss-reactive ketones (excluding diaryl/α,β-unsaturated/α-hetero) is 1. The van der Waals surface area contributed by atoms with Crippen molar-refractivity contribution in [2.75, 3.05) is 0 Å². The number of allylic oxidation sites excluding steroid dienone is 2. The van der Waals surface area contributed by atoms with Crippen molar-refractivity contribution in [1.82, 2.24) is 0 Å². The maximum atomic E-state index is 11.2. The van der Waals surface area contributed by atoms with E-state index in [1.807, 2.05) is 0 Å². The van der Waals surface area contributed by atoms with Gasteiger partial charge in [-0.2, -0.15) is 0 Å². The van der Waals surface area contributed by atoms with Crippen molar-refractivity contribution in [3.8, 4) is 0 Å². The lowest BCUT2D eigenvalue weighted by Gasteiger charge is -2.32. The fourth-order valence-electron chi connectivity index (χ4n) is 1.86. The molecule has 0 aromatic carbocycles. The largest absolute Gasteiger partial charge is 0.299 e. The van der Waals surface area contributed by atoms with E-state index in [2.05, 4.69) is 12.2 Å². The standard InChI is InChI=1S/C9H12O/c10-9-7-4-2-1-3-5-8(9)6-7/h2,4,7-8H,1,3,5-6H2/b4-2-. The monoisotopic (exact) mass is 136 g/mol. The smallest absolute Gasteiger partial charge is 0.142 e. The number of fused-ring (bicyclic) bond motifs is 3. The summed E-state index contributed by atoms with van der Waals surface area (Å²) >= 11 is 0. The van der Waals surface area contributed by atoms with Gasteiger partial charge >= 0.3 is 0 Å². The van der Waals surface area contributed by atoms with Gasteiger partial charge in [-0.3, -0.25) is 4.79 Å². The lowest BCUT2D eigenvalue weighted by molar-refractivity contribution is -0.133. The zero-order chi connectivity index (χ0) is 6.97. The molecule has 2 atom stereocenters. The summed E-state index contributed by atoms with van der Waals surface area (Å²) in [5, 5.41) is 0. The van der Waals surface area contributed by atoms with Crippen LogP contribution in [0.3, 0.4) is 0 Å². The Morgan fingerprint density at radius 3 is 3.20 bits per heavy atom. The molecular weight excluding hydrogens is 124 g/mol. The van der Waals surface area contributed by atoms with Crippen LogP contribution in [0, 0.1) is 11.8 Å². The molecule has 0 aromatic rings. The molecule has 1 saturated carbocycles. The molecular formula is C9H12O. The first kappa shape index (κ1) is 6.14. The first-order chi connectivity index (χ1) is 4.88. The van der Waals surface area contributed by atoms with Crippen LogP contribution >= 0.6 is 0 Å². The molecule has 1 nitrogen and oxygen atoms in total. The third kappa shape index (κ3) is 0.808. The highest BCUT2D eigenvalue weighted by atomic mass is 16.1. The molecule has 2 bridgehead atoms. The van der Waals surface area contributed by atoms with E-state index in [9.17, 15) is 4.79 Å². The molecule has 2 unspecified atom stereocenters. The van der Waals surface area contributed by atoms with Gasteiger partial charge in [-0.05, 0) is 25.7 Å². The molecule has 54 valence electrons. The summed E-state index contributed by atoms with van der Waals surface area (Å²) in [6.07, 6.45) is 8.92. The zero-order valence-electron chi connectivity index (χ0n) is 6.05. The van der Waals surface area contributed by atoms with Gasteiger partial charge < -0.3 is 0 Å². The van der Waals surface area contributed by atoms with Crippen molar-refractivity contribution in [3.63, 3.8) is 0 Å². The molecule has 3 aliphatic carbocycles. The van der Waals surface area contributed by atoms with Crippen LogP contribution in [-0.4, -0.2) is 5.78 Å². The van der Waals surface area contributed by atoms with E-state index in [1.165, 1.54) is 12.8 Å². The Bertz CT molecular complexity index is 181. The minimum atomic E-state index is 0.310. The second-order valence-corrected chi connectivity index (χ2v) is 3.30. The van der Waals surface area contributed by atoms with Crippen molar-refractivity contribution in [3.05, 3.63) is 12.2 Å². The predicted molar refractivity (Wildman–Crippen MR) is 39.6 cm³/mol. The van der Waals surface area contributed by atoms with Gasteiger partial charge in [-0.1, -0.05) is 12.2 Å². The molecule has 0 radical (unpaired) electrons. The highest BCUT2D eigenvalue weighted by Gasteiger charge is 2.37. The first-order valence-corrected chi connectivity index (χ1v) is 4.08. The maximum absolute atomic E-state index is 11.2. The third-order valence-electron chi connectivity index (χ3n) is 2.60. The predicted octanol–water partition coefficient (Wildman–Crippen LogP) is 1.93. The molecule has 0 N–H and O–H groups in total. The third-order valence-corrected chi connectivity index (χ3v) is 2.60. The molecule has 0 spiro atoms. The second kappa shape index (κ2) is 2.22. The van der Waals surface area contributed by atoms with Crippen molar-refractivity contribution < 1.29 is 4.79 Å². The number of carbonyl (C=O) groups excluding carboxylic acids is 1. The summed E-state index contributed by atoms with van der Waals surface area (Å²) in [7, 11) is 0. The molecule has 0 aliphatic heterocycles. The Morgan fingerprint density at radius 2 is 2.40 bits per heavy atom. The van der Waals surface area contributed by atoms with Crippen molar-refractivity contribution in [2.45, 2.75) is 25.7 Å².